The summed E-state index contributed by atoms with van der Waals surface area (Å²) in [4.78, 5) is 0. The molecule has 0 saturated heterocycles. The van der Waals surface area contributed by atoms with Gasteiger partial charge in [-0.3, -0.25) is 0 Å². The minimum Gasteiger partial charge on any atom is -0.508 e. The lowest BCUT2D eigenvalue weighted by molar-refractivity contribution is 0.162. The van der Waals surface area contributed by atoms with Gasteiger partial charge >= 0.3 is 0 Å². The Morgan fingerprint density at radius 2 is 1.43 bits per heavy atom. The summed E-state index contributed by atoms with van der Waals surface area (Å²) >= 11 is 0. The fraction of sp³-hybridized carbons (Fsp3) is 0.500. The molecule has 80 valence electrons. The summed E-state index contributed by atoms with van der Waals surface area (Å²) < 4.78 is 4.83. The van der Waals surface area contributed by atoms with E-state index in [0.717, 1.165) is 24.3 Å². The lowest BCUT2D eigenvalue weighted by Gasteiger charge is -1.95. The molecule has 1 aromatic rings. The van der Waals surface area contributed by atoms with E-state index in [4.69, 9.17) is 9.84 Å². The SMILES string of the molecule is CCOCC.Cc1cc(C)cc(O)c1. The van der Waals surface area contributed by atoms with E-state index in [1.165, 1.54) is 0 Å². The molecule has 0 spiro atoms. The summed E-state index contributed by atoms with van der Waals surface area (Å²) in [6.45, 7) is 9.60. The molecule has 0 aliphatic carbocycles. The van der Waals surface area contributed by atoms with E-state index in [0.29, 0.717) is 5.75 Å². The molecule has 0 unspecified atom stereocenters. The van der Waals surface area contributed by atoms with Crippen molar-refractivity contribution in [3.63, 3.8) is 0 Å². The van der Waals surface area contributed by atoms with Gasteiger partial charge < -0.3 is 9.84 Å². The van der Waals surface area contributed by atoms with Gasteiger partial charge in [-0.15, -0.1) is 0 Å². The van der Waals surface area contributed by atoms with E-state index >= 15 is 0 Å². The van der Waals surface area contributed by atoms with Crippen molar-refractivity contribution in [1.82, 2.24) is 0 Å². The Labute approximate surface area is 86.5 Å². The zero-order valence-electron chi connectivity index (χ0n) is 9.50. The standard InChI is InChI=1S/C8H10O.C4H10O/c1-6-3-7(2)5-8(9)4-6;1-3-5-4-2/h3-5,9H,1-2H3;3-4H2,1-2H3. The molecule has 0 heterocycles. The van der Waals surface area contributed by atoms with E-state index < -0.39 is 0 Å². The van der Waals surface area contributed by atoms with Crippen molar-refractivity contribution in [2.45, 2.75) is 27.7 Å². The average Bonchev–Trinajstić information content (AvgIpc) is 2.03. The second-order valence-electron chi connectivity index (χ2n) is 3.13. The summed E-state index contributed by atoms with van der Waals surface area (Å²) in [5, 5.41) is 8.99. The molecule has 0 bridgehead atoms. The molecule has 14 heavy (non-hydrogen) atoms. The molecule has 2 nitrogen and oxygen atoms in total. The number of phenols is 1. The summed E-state index contributed by atoms with van der Waals surface area (Å²) in [5.74, 6) is 0.354. The Morgan fingerprint density at radius 3 is 1.64 bits per heavy atom. The first-order valence-corrected chi connectivity index (χ1v) is 4.95. The van der Waals surface area contributed by atoms with E-state index in [2.05, 4.69) is 0 Å². The van der Waals surface area contributed by atoms with Crippen LogP contribution in [0.1, 0.15) is 25.0 Å². The number of ether oxygens (including phenoxy) is 1. The number of aryl methyl sites for hydroxylation is 2. The number of hydrogen-bond donors (Lipinski definition) is 1. The topological polar surface area (TPSA) is 29.5 Å². The van der Waals surface area contributed by atoms with Crippen LogP contribution >= 0.6 is 0 Å². The molecule has 2 heteroatoms. The summed E-state index contributed by atoms with van der Waals surface area (Å²) in [6, 6.07) is 5.51. The largest absolute Gasteiger partial charge is 0.508 e. The van der Waals surface area contributed by atoms with Crippen molar-refractivity contribution in [1.29, 1.82) is 0 Å². The monoisotopic (exact) mass is 196 g/mol. The smallest absolute Gasteiger partial charge is 0.116 e. The molecule has 0 radical (unpaired) electrons. The molecule has 0 aliphatic heterocycles. The van der Waals surface area contributed by atoms with Crippen molar-refractivity contribution in [3.8, 4) is 5.75 Å². The Bertz CT molecular complexity index is 204. The number of rotatable bonds is 2. The van der Waals surface area contributed by atoms with Crippen LogP contribution in [0.4, 0.5) is 0 Å². The molecular weight excluding hydrogens is 176 g/mol. The van der Waals surface area contributed by atoms with Crippen LogP contribution in [-0.4, -0.2) is 18.3 Å². The second kappa shape index (κ2) is 7.39. The second-order valence-corrected chi connectivity index (χ2v) is 3.13. The third kappa shape index (κ3) is 6.49. The van der Waals surface area contributed by atoms with Crippen molar-refractivity contribution in [2.24, 2.45) is 0 Å². The predicted molar refractivity (Wildman–Crippen MR) is 59.7 cm³/mol. The van der Waals surface area contributed by atoms with Gasteiger partial charge in [0.05, 0.1) is 0 Å². The molecular formula is C12H20O2. The first-order chi connectivity index (χ1) is 6.60. The highest BCUT2D eigenvalue weighted by Gasteiger charge is 1.89. The third-order valence-electron chi connectivity index (χ3n) is 1.61. The molecule has 0 atom stereocenters. The summed E-state index contributed by atoms with van der Waals surface area (Å²) in [5.41, 5.74) is 2.21. The van der Waals surface area contributed by atoms with E-state index in [1.807, 2.05) is 33.8 Å². The van der Waals surface area contributed by atoms with Crippen molar-refractivity contribution < 1.29 is 9.84 Å². The Kier molecular flexibility index (Phi) is 6.85. The van der Waals surface area contributed by atoms with Crippen LogP contribution in [0.2, 0.25) is 0 Å². The maximum atomic E-state index is 8.99. The predicted octanol–water partition coefficient (Wildman–Crippen LogP) is 3.05. The van der Waals surface area contributed by atoms with Crippen molar-refractivity contribution in [2.75, 3.05) is 13.2 Å². The van der Waals surface area contributed by atoms with Gasteiger partial charge in [-0.25, -0.2) is 0 Å². The minimum atomic E-state index is 0.354. The van der Waals surface area contributed by atoms with Gasteiger partial charge in [0.25, 0.3) is 0 Å². The highest BCUT2D eigenvalue weighted by atomic mass is 16.5. The molecule has 0 saturated carbocycles. The van der Waals surface area contributed by atoms with E-state index in [1.54, 1.807) is 12.1 Å². The van der Waals surface area contributed by atoms with Crippen LogP contribution in [-0.2, 0) is 4.74 Å². The van der Waals surface area contributed by atoms with Crippen LogP contribution in [0.25, 0.3) is 0 Å². The molecule has 1 rings (SSSR count). The van der Waals surface area contributed by atoms with Gasteiger partial charge in [-0.2, -0.15) is 0 Å². The number of phenolic OH excluding ortho intramolecular Hbond substituents is 1. The Morgan fingerprint density at radius 1 is 1.00 bits per heavy atom. The van der Waals surface area contributed by atoms with Gasteiger partial charge in [-0.05, 0) is 51.0 Å². The molecule has 0 aromatic heterocycles. The van der Waals surface area contributed by atoms with Crippen molar-refractivity contribution in [3.05, 3.63) is 29.3 Å². The van der Waals surface area contributed by atoms with Gasteiger partial charge in [0.1, 0.15) is 5.75 Å². The lowest BCUT2D eigenvalue weighted by Crippen LogP contribution is -1.84. The molecule has 0 fully saturated rings. The van der Waals surface area contributed by atoms with Crippen LogP contribution in [0.3, 0.4) is 0 Å². The molecule has 0 amide bonds. The highest BCUT2D eigenvalue weighted by molar-refractivity contribution is 5.31. The summed E-state index contributed by atoms with van der Waals surface area (Å²) in [7, 11) is 0. The highest BCUT2D eigenvalue weighted by Crippen LogP contribution is 2.13. The van der Waals surface area contributed by atoms with Gasteiger partial charge in [0, 0.05) is 13.2 Å². The quantitative estimate of drug-likeness (QED) is 0.787. The van der Waals surface area contributed by atoms with Crippen LogP contribution in [0.5, 0.6) is 5.75 Å². The molecule has 1 aromatic carbocycles. The fourth-order valence-corrected chi connectivity index (χ4v) is 1.15. The van der Waals surface area contributed by atoms with Crippen LogP contribution in [0.15, 0.2) is 18.2 Å². The van der Waals surface area contributed by atoms with Crippen molar-refractivity contribution >= 4 is 0 Å². The van der Waals surface area contributed by atoms with Gasteiger partial charge in [0.2, 0.25) is 0 Å². The van der Waals surface area contributed by atoms with Gasteiger partial charge in [-0.1, -0.05) is 6.07 Å². The first-order valence-electron chi connectivity index (χ1n) is 4.95. The first kappa shape index (κ1) is 13.0. The number of benzene rings is 1. The average molecular weight is 196 g/mol. The Hall–Kier alpha value is -1.02. The van der Waals surface area contributed by atoms with E-state index in [9.17, 15) is 0 Å². The molecule has 1 N–H and O–H groups in total. The summed E-state index contributed by atoms with van der Waals surface area (Å²) in [6.07, 6.45) is 0. The van der Waals surface area contributed by atoms with Crippen LogP contribution < -0.4 is 0 Å². The maximum Gasteiger partial charge on any atom is 0.116 e. The zero-order chi connectivity index (χ0) is 11.0. The molecule has 0 aliphatic rings. The Balaban J connectivity index is 0.000000292. The van der Waals surface area contributed by atoms with Crippen LogP contribution in [0, 0.1) is 13.8 Å². The number of aromatic hydroxyl groups is 1. The maximum absolute atomic E-state index is 8.99. The van der Waals surface area contributed by atoms with E-state index in [-0.39, 0.29) is 0 Å². The normalized spacial score (nSPS) is 9.14. The van der Waals surface area contributed by atoms with Gasteiger partial charge in [0.15, 0.2) is 0 Å². The minimum absolute atomic E-state index is 0.354. The lowest BCUT2D eigenvalue weighted by atomic mass is 10.1. The fourth-order valence-electron chi connectivity index (χ4n) is 1.15. The third-order valence-corrected chi connectivity index (χ3v) is 1.61. The number of hydrogen-bond acceptors (Lipinski definition) is 2. The zero-order valence-corrected chi connectivity index (χ0v) is 9.50.